The third-order valence-corrected chi connectivity index (χ3v) is 5.02. The molecule has 0 amide bonds. The number of aliphatic hydroxyl groups is 1. The Bertz CT molecular complexity index is 621. The van der Waals surface area contributed by atoms with E-state index in [2.05, 4.69) is 4.90 Å². The van der Waals surface area contributed by atoms with Crippen LogP contribution in [0.2, 0.25) is 0 Å². The molecule has 2 aromatic rings. The summed E-state index contributed by atoms with van der Waals surface area (Å²) in [7, 11) is 0. The number of imidazole rings is 1. The molecule has 106 valence electrons. The minimum Gasteiger partial charge on any atom is -0.390 e. The lowest BCUT2D eigenvalue weighted by Gasteiger charge is -2.38. The summed E-state index contributed by atoms with van der Waals surface area (Å²) >= 11 is 0. The molecule has 2 aromatic heterocycles. The number of anilines is 1. The third-order valence-electron chi connectivity index (χ3n) is 5.02. The Kier molecular flexibility index (Phi) is 2.91. The van der Waals surface area contributed by atoms with Gasteiger partial charge in [0.25, 0.3) is 0 Å². The molecule has 1 aliphatic carbocycles. The Hall–Kier alpha value is -1.55. The molecule has 1 saturated heterocycles. The van der Waals surface area contributed by atoms with Crippen LogP contribution in [0.5, 0.6) is 0 Å². The lowest BCUT2D eigenvalue weighted by Crippen LogP contribution is -2.43. The van der Waals surface area contributed by atoms with Crippen molar-refractivity contribution in [3.63, 3.8) is 0 Å². The highest BCUT2D eigenvalue weighted by molar-refractivity contribution is 5.56. The number of rotatable bonds is 2. The molecule has 20 heavy (non-hydrogen) atoms. The van der Waals surface area contributed by atoms with E-state index in [4.69, 9.17) is 4.98 Å². The molecule has 1 N–H and O–H groups in total. The van der Waals surface area contributed by atoms with Gasteiger partial charge < -0.3 is 10.0 Å². The summed E-state index contributed by atoms with van der Waals surface area (Å²) in [6.07, 6.45) is 8.59. The standard InChI is InChI=1S/C16H21N3O/c20-11-14-16(17-15-8-1-2-9-18(14)15)19-10-4-6-12-5-3-7-13(12)19/h1-2,8-9,12-13,20H,3-7,10-11H2. The second-order valence-corrected chi connectivity index (χ2v) is 6.06. The van der Waals surface area contributed by atoms with Gasteiger partial charge in [0.05, 0.1) is 12.3 Å². The summed E-state index contributed by atoms with van der Waals surface area (Å²) in [6.45, 7) is 1.13. The fraction of sp³-hybridized carbons (Fsp3) is 0.562. The topological polar surface area (TPSA) is 40.8 Å². The Morgan fingerprint density at radius 1 is 1.20 bits per heavy atom. The summed E-state index contributed by atoms with van der Waals surface area (Å²) in [5, 5.41) is 9.79. The molecule has 4 heteroatoms. The second kappa shape index (κ2) is 4.77. The largest absolute Gasteiger partial charge is 0.390 e. The average molecular weight is 271 g/mol. The van der Waals surface area contributed by atoms with E-state index < -0.39 is 0 Å². The maximum Gasteiger partial charge on any atom is 0.153 e. The number of pyridine rings is 1. The zero-order valence-corrected chi connectivity index (χ0v) is 11.7. The summed E-state index contributed by atoms with van der Waals surface area (Å²) in [5.74, 6) is 1.84. The van der Waals surface area contributed by atoms with E-state index in [9.17, 15) is 5.11 Å². The predicted molar refractivity (Wildman–Crippen MR) is 78.8 cm³/mol. The van der Waals surface area contributed by atoms with Crippen molar-refractivity contribution in [3.8, 4) is 0 Å². The van der Waals surface area contributed by atoms with Gasteiger partial charge in [0.2, 0.25) is 0 Å². The molecule has 0 bridgehead atoms. The van der Waals surface area contributed by atoms with Gasteiger partial charge in [-0.25, -0.2) is 4.98 Å². The normalized spacial score (nSPS) is 26.1. The molecule has 0 radical (unpaired) electrons. The van der Waals surface area contributed by atoms with Crippen molar-refractivity contribution in [2.75, 3.05) is 11.4 Å². The van der Waals surface area contributed by atoms with Gasteiger partial charge in [-0.15, -0.1) is 0 Å². The number of aliphatic hydroxyl groups excluding tert-OH is 1. The summed E-state index contributed by atoms with van der Waals surface area (Å²) in [6, 6.07) is 6.64. The number of fused-ring (bicyclic) bond motifs is 2. The maximum absolute atomic E-state index is 9.79. The van der Waals surface area contributed by atoms with Crippen LogP contribution in [-0.2, 0) is 6.61 Å². The van der Waals surface area contributed by atoms with Gasteiger partial charge in [-0.1, -0.05) is 12.5 Å². The third kappa shape index (κ3) is 1.74. The molecule has 2 aliphatic rings. The van der Waals surface area contributed by atoms with Gasteiger partial charge in [-0.05, 0) is 43.7 Å². The van der Waals surface area contributed by atoms with Crippen LogP contribution in [0.4, 0.5) is 5.82 Å². The molecule has 4 rings (SSSR count). The van der Waals surface area contributed by atoms with Gasteiger partial charge in [0.15, 0.2) is 5.82 Å². The van der Waals surface area contributed by atoms with Crippen LogP contribution in [0.1, 0.15) is 37.8 Å². The molecular weight excluding hydrogens is 250 g/mol. The van der Waals surface area contributed by atoms with Gasteiger partial charge >= 0.3 is 0 Å². The Balaban J connectivity index is 1.80. The predicted octanol–water partition coefficient (Wildman–Crippen LogP) is 2.60. The number of aromatic nitrogens is 2. The van der Waals surface area contributed by atoms with Crippen molar-refractivity contribution in [3.05, 3.63) is 30.1 Å². The zero-order valence-electron chi connectivity index (χ0n) is 11.7. The van der Waals surface area contributed by atoms with Crippen molar-refractivity contribution < 1.29 is 5.11 Å². The molecule has 2 fully saturated rings. The number of hydrogen-bond acceptors (Lipinski definition) is 3. The SMILES string of the molecule is OCc1c(N2CCCC3CCCC32)nc2ccccn12. The van der Waals surface area contributed by atoms with E-state index in [0.717, 1.165) is 29.6 Å². The lowest BCUT2D eigenvalue weighted by molar-refractivity contribution is 0.274. The van der Waals surface area contributed by atoms with Crippen molar-refractivity contribution in [2.45, 2.75) is 44.8 Å². The first-order chi connectivity index (χ1) is 9.88. The molecule has 1 aliphatic heterocycles. The highest BCUT2D eigenvalue weighted by Crippen LogP contribution is 2.39. The minimum absolute atomic E-state index is 0.0500. The van der Waals surface area contributed by atoms with Crippen LogP contribution in [0.15, 0.2) is 24.4 Å². The first-order valence-electron chi connectivity index (χ1n) is 7.72. The fourth-order valence-corrected chi connectivity index (χ4v) is 4.13. The van der Waals surface area contributed by atoms with Crippen LogP contribution >= 0.6 is 0 Å². The van der Waals surface area contributed by atoms with E-state index in [-0.39, 0.29) is 6.61 Å². The van der Waals surface area contributed by atoms with Gasteiger partial charge in [0.1, 0.15) is 5.65 Å². The minimum atomic E-state index is 0.0500. The van der Waals surface area contributed by atoms with E-state index in [1.54, 1.807) is 0 Å². The molecule has 0 aromatic carbocycles. The van der Waals surface area contributed by atoms with Gasteiger partial charge in [0, 0.05) is 18.8 Å². The van der Waals surface area contributed by atoms with Crippen LogP contribution in [0, 0.1) is 5.92 Å². The number of hydrogen-bond donors (Lipinski definition) is 1. The van der Waals surface area contributed by atoms with Crippen molar-refractivity contribution in [2.24, 2.45) is 5.92 Å². The first kappa shape index (κ1) is 12.2. The van der Waals surface area contributed by atoms with Crippen LogP contribution in [0.25, 0.3) is 5.65 Å². The van der Waals surface area contributed by atoms with Crippen LogP contribution < -0.4 is 4.90 Å². The van der Waals surface area contributed by atoms with Crippen LogP contribution in [0.3, 0.4) is 0 Å². The van der Waals surface area contributed by atoms with E-state index in [1.807, 2.05) is 28.8 Å². The van der Waals surface area contributed by atoms with Gasteiger partial charge in [-0.3, -0.25) is 4.40 Å². The number of nitrogens with zero attached hydrogens (tertiary/aromatic N) is 3. The van der Waals surface area contributed by atoms with Crippen LogP contribution in [-0.4, -0.2) is 27.1 Å². The molecule has 2 unspecified atom stereocenters. The van der Waals surface area contributed by atoms with E-state index >= 15 is 0 Å². The molecule has 4 nitrogen and oxygen atoms in total. The van der Waals surface area contributed by atoms with Crippen molar-refractivity contribution in [1.29, 1.82) is 0 Å². The maximum atomic E-state index is 9.79. The quantitative estimate of drug-likeness (QED) is 0.912. The Morgan fingerprint density at radius 3 is 3.00 bits per heavy atom. The summed E-state index contributed by atoms with van der Waals surface area (Å²) in [4.78, 5) is 7.27. The Morgan fingerprint density at radius 2 is 2.10 bits per heavy atom. The summed E-state index contributed by atoms with van der Waals surface area (Å²) < 4.78 is 2.02. The molecule has 2 atom stereocenters. The number of piperidine rings is 1. The molecular formula is C16H21N3O. The van der Waals surface area contributed by atoms with Crippen molar-refractivity contribution >= 4 is 11.5 Å². The van der Waals surface area contributed by atoms with Crippen molar-refractivity contribution in [1.82, 2.24) is 9.38 Å². The second-order valence-electron chi connectivity index (χ2n) is 6.06. The fourth-order valence-electron chi connectivity index (χ4n) is 4.13. The Labute approximate surface area is 119 Å². The first-order valence-corrected chi connectivity index (χ1v) is 7.72. The molecule has 0 spiro atoms. The average Bonchev–Trinajstić information content (AvgIpc) is 3.10. The summed E-state index contributed by atoms with van der Waals surface area (Å²) in [5.41, 5.74) is 1.87. The smallest absolute Gasteiger partial charge is 0.153 e. The highest BCUT2D eigenvalue weighted by Gasteiger charge is 2.37. The van der Waals surface area contributed by atoms with E-state index in [1.165, 1.54) is 32.1 Å². The van der Waals surface area contributed by atoms with Gasteiger partial charge in [-0.2, -0.15) is 0 Å². The van der Waals surface area contributed by atoms with E-state index in [0.29, 0.717) is 6.04 Å². The lowest BCUT2D eigenvalue weighted by atomic mass is 9.92. The highest BCUT2D eigenvalue weighted by atomic mass is 16.3. The molecule has 1 saturated carbocycles. The molecule has 3 heterocycles. The monoisotopic (exact) mass is 271 g/mol. The zero-order chi connectivity index (χ0) is 13.5.